The van der Waals surface area contributed by atoms with Crippen LogP contribution in [-0.2, 0) is 9.59 Å². The van der Waals surface area contributed by atoms with Crippen molar-refractivity contribution in [3.8, 4) is 0 Å². The number of hydrogen-bond donors (Lipinski definition) is 6. The number of nitrogens with one attached hydrogen (secondary N) is 4. The molecule has 2 saturated carbocycles. The van der Waals surface area contributed by atoms with Crippen molar-refractivity contribution in [1.82, 2.24) is 20.9 Å². The molecular weight excluding hydrogens is 637 g/mol. The van der Waals surface area contributed by atoms with E-state index in [9.17, 15) is 14.7 Å². The summed E-state index contributed by atoms with van der Waals surface area (Å²) in [5.74, 6) is 2.15. The summed E-state index contributed by atoms with van der Waals surface area (Å²) in [4.78, 5) is 30.5. The SMILES string of the molecule is C/C=C\NC(C)C([NH+]=C(N)CC)C1(C)C(O)C(NC(=O)C2CCCC3CCCCC32)CN1C.CC.CC.C\C=C(C)/C=C\C(=C\CC)C(=O)NC. The molecule has 0 bridgehead atoms. The van der Waals surface area contributed by atoms with Gasteiger partial charge in [-0.3, -0.25) is 25.2 Å². The lowest BCUT2D eigenvalue weighted by Crippen LogP contribution is -2.92. The number of fused-ring (bicyclic) bond motifs is 1. The van der Waals surface area contributed by atoms with E-state index in [1.165, 1.54) is 32.1 Å². The molecule has 0 aromatic heterocycles. The third kappa shape index (κ3) is 14.2. The number of carbonyl (C=O) groups excluding carboxylic acids is 2. The second-order valence-electron chi connectivity index (χ2n) is 13.9. The van der Waals surface area contributed by atoms with Crippen LogP contribution in [0.25, 0.3) is 0 Å². The molecule has 51 heavy (non-hydrogen) atoms. The van der Waals surface area contributed by atoms with Gasteiger partial charge in [-0.05, 0) is 85.0 Å². The Bertz CT molecular complexity index is 1160. The Labute approximate surface area is 313 Å². The summed E-state index contributed by atoms with van der Waals surface area (Å²) in [6.07, 6.45) is 20.9. The van der Waals surface area contributed by atoms with Crippen LogP contribution < -0.4 is 26.7 Å². The van der Waals surface area contributed by atoms with Crippen molar-refractivity contribution in [3.63, 3.8) is 0 Å². The van der Waals surface area contributed by atoms with E-state index in [1.807, 2.05) is 106 Å². The van der Waals surface area contributed by atoms with Crippen molar-refractivity contribution in [2.45, 2.75) is 164 Å². The number of allylic oxidation sites excluding steroid dienone is 5. The number of amidine groups is 1. The molecule has 0 aromatic carbocycles. The Morgan fingerprint density at radius 3 is 2.24 bits per heavy atom. The Hall–Kier alpha value is -2.91. The Balaban J connectivity index is 0.00000117. The van der Waals surface area contributed by atoms with Crippen LogP contribution in [0.5, 0.6) is 0 Å². The van der Waals surface area contributed by atoms with Crippen LogP contribution in [0.4, 0.5) is 0 Å². The molecule has 9 heteroatoms. The Morgan fingerprint density at radius 1 is 1.04 bits per heavy atom. The van der Waals surface area contributed by atoms with Crippen molar-refractivity contribution in [2.75, 3.05) is 20.6 Å². The van der Waals surface area contributed by atoms with Crippen molar-refractivity contribution < 1.29 is 19.7 Å². The van der Waals surface area contributed by atoms with Gasteiger partial charge in [0.05, 0.1) is 23.7 Å². The van der Waals surface area contributed by atoms with Gasteiger partial charge in [0.2, 0.25) is 11.7 Å². The highest BCUT2D eigenvalue weighted by Gasteiger charge is 2.56. The maximum Gasteiger partial charge on any atom is 0.250 e. The lowest BCUT2D eigenvalue weighted by atomic mass is 9.65. The highest BCUT2D eigenvalue weighted by Crippen LogP contribution is 2.44. The molecular formula is C42H79N6O3+. The number of likely N-dealkylation sites (N-methyl/N-ethyl adjacent to an activating group) is 2. The summed E-state index contributed by atoms with van der Waals surface area (Å²) >= 11 is 0. The molecule has 1 saturated heterocycles. The number of nitrogens with two attached hydrogens (primary N) is 1. The van der Waals surface area contributed by atoms with Crippen LogP contribution in [0, 0.1) is 17.8 Å². The smallest absolute Gasteiger partial charge is 0.250 e. The number of hydrogen-bond acceptors (Lipinski definition) is 5. The molecule has 1 aliphatic heterocycles. The van der Waals surface area contributed by atoms with Crippen LogP contribution in [0.1, 0.15) is 134 Å². The fourth-order valence-electron chi connectivity index (χ4n) is 7.67. The third-order valence-electron chi connectivity index (χ3n) is 10.8. The molecule has 2 amide bonds. The molecule has 294 valence electrons. The van der Waals surface area contributed by atoms with E-state index in [-0.39, 0.29) is 35.9 Å². The fraction of sp³-hybridized carbons (Fsp3) is 0.738. The van der Waals surface area contributed by atoms with Gasteiger partial charge in [-0.15, -0.1) is 0 Å². The summed E-state index contributed by atoms with van der Waals surface area (Å²) in [7, 11) is 3.68. The molecule has 0 aromatic rings. The standard InChI is InChI=1S/C26H47N5O2.C12H19NO.2C2H6/c1-6-15-28-17(3)23(30-22(27)7-2)26(4)24(32)21(16-31(26)5)29-25(33)20-14-10-12-18-11-8-9-13-19(18)20;1-5-7-11(12(14)13-4)9-8-10(3)6-2;2*1-2/h6,15,17-21,23-24,28,32H,7-14,16H2,1-5H3,(H2,27,30)(H,29,33);6-9H,5H2,1-4H3,(H,13,14);2*1-2H3/p+1/b15-6-;9-8-,10-6-,11-7-;;. The van der Waals surface area contributed by atoms with E-state index in [1.54, 1.807) is 7.05 Å². The topological polar surface area (TPSA) is 134 Å². The van der Waals surface area contributed by atoms with E-state index >= 15 is 0 Å². The molecule has 3 rings (SSSR count). The maximum atomic E-state index is 13.4. The molecule has 9 nitrogen and oxygen atoms in total. The minimum Gasteiger partial charge on any atom is -0.389 e. The highest BCUT2D eigenvalue weighted by atomic mass is 16.3. The number of aliphatic hydroxyl groups is 1. The number of aliphatic hydroxyl groups excluding tert-OH is 1. The predicted molar refractivity (Wildman–Crippen MR) is 217 cm³/mol. The lowest BCUT2D eigenvalue weighted by Gasteiger charge is -2.42. The van der Waals surface area contributed by atoms with Crippen LogP contribution in [-0.4, -0.2) is 78.1 Å². The van der Waals surface area contributed by atoms with Gasteiger partial charge in [-0.25, -0.2) is 0 Å². The van der Waals surface area contributed by atoms with Crippen LogP contribution >= 0.6 is 0 Å². The quantitative estimate of drug-likeness (QED) is 0.0683. The van der Waals surface area contributed by atoms with Crippen molar-refractivity contribution in [3.05, 3.63) is 47.7 Å². The summed E-state index contributed by atoms with van der Waals surface area (Å²) < 4.78 is 0. The first-order valence-corrected chi connectivity index (χ1v) is 20.1. The van der Waals surface area contributed by atoms with Gasteiger partial charge in [-0.1, -0.05) is 104 Å². The average Bonchev–Trinajstić information content (AvgIpc) is 3.38. The third-order valence-corrected chi connectivity index (χ3v) is 10.8. The zero-order chi connectivity index (χ0) is 39.1. The first-order chi connectivity index (χ1) is 24.4. The predicted octanol–water partition coefficient (Wildman–Crippen LogP) is 5.51. The largest absolute Gasteiger partial charge is 0.389 e. The molecule has 8 unspecified atom stereocenters. The Kier molecular flexibility index (Phi) is 24.5. The van der Waals surface area contributed by atoms with E-state index in [4.69, 9.17) is 5.73 Å². The molecule has 0 radical (unpaired) electrons. The normalized spacial score (nSPS) is 28.2. The van der Waals surface area contributed by atoms with Crippen molar-refractivity contribution in [1.29, 1.82) is 0 Å². The number of rotatable bonds is 12. The monoisotopic (exact) mass is 716 g/mol. The Morgan fingerprint density at radius 2 is 1.67 bits per heavy atom. The average molecular weight is 716 g/mol. The van der Waals surface area contributed by atoms with Gasteiger partial charge >= 0.3 is 0 Å². The summed E-state index contributed by atoms with van der Waals surface area (Å²) in [5, 5.41) is 20.9. The molecule has 7 N–H and O–H groups in total. The van der Waals surface area contributed by atoms with Crippen LogP contribution in [0.15, 0.2) is 47.7 Å². The molecule has 3 fully saturated rings. The van der Waals surface area contributed by atoms with Gasteiger partial charge in [0, 0.05) is 31.5 Å². The minimum absolute atomic E-state index is 0.0178. The van der Waals surface area contributed by atoms with Crippen molar-refractivity contribution in [2.24, 2.45) is 23.5 Å². The molecule has 2 aliphatic carbocycles. The molecule has 8 atom stereocenters. The first-order valence-electron chi connectivity index (χ1n) is 20.1. The maximum absolute atomic E-state index is 13.4. The zero-order valence-corrected chi connectivity index (χ0v) is 34.9. The number of nitrogens with zero attached hydrogens (tertiary/aromatic N) is 1. The van der Waals surface area contributed by atoms with Gasteiger partial charge in [0.15, 0.2) is 0 Å². The lowest BCUT2D eigenvalue weighted by molar-refractivity contribution is -0.529. The summed E-state index contributed by atoms with van der Waals surface area (Å²) in [6, 6.07) is -0.422. The number of likely N-dealkylation sites (tertiary alicyclic amines) is 1. The molecule has 3 aliphatic rings. The van der Waals surface area contributed by atoms with Gasteiger partial charge < -0.3 is 21.1 Å². The highest BCUT2D eigenvalue weighted by molar-refractivity contribution is 5.96. The minimum atomic E-state index is -0.714. The summed E-state index contributed by atoms with van der Waals surface area (Å²) in [6.45, 7) is 22.8. The van der Waals surface area contributed by atoms with E-state index in [0.717, 1.165) is 30.4 Å². The van der Waals surface area contributed by atoms with Crippen LogP contribution in [0.2, 0.25) is 0 Å². The second kappa shape index (κ2) is 25.9. The molecule has 0 spiro atoms. The zero-order valence-electron chi connectivity index (χ0n) is 34.9. The van der Waals surface area contributed by atoms with Gasteiger partial charge in [-0.2, -0.15) is 0 Å². The number of carbonyl (C=O) groups is 2. The van der Waals surface area contributed by atoms with Crippen molar-refractivity contribution >= 4 is 17.6 Å². The van der Waals surface area contributed by atoms with E-state index < -0.39 is 11.6 Å². The van der Waals surface area contributed by atoms with Gasteiger partial charge in [0.1, 0.15) is 6.04 Å². The first kappa shape index (κ1) is 48.1. The van der Waals surface area contributed by atoms with E-state index in [2.05, 4.69) is 39.7 Å². The molecule has 1 heterocycles. The fourth-order valence-corrected chi connectivity index (χ4v) is 7.67. The van der Waals surface area contributed by atoms with Gasteiger partial charge in [0.25, 0.3) is 5.91 Å². The second-order valence-corrected chi connectivity index (χ2v) is 13.9. The van der Waals surface area contributed by atoms with E-state index in [0.29, 0.717) is 30.6 Å². The summed E-state index contributed by atoms with van der Waals surface area (Å²) in [5.41, 5.74) is 7.48. The number of amides is 2. The van der Waals surface area contributed by atoms with Crippen LogP contribution in [0.3, 0.4) is 0 Å².